The number of benzene rings is 1. The van der Waals surface area contributed by atoms with E-state index in [-0.39, 0.29) is 5.91 Å². The standard InChI is InChI=1S/C18H24N6O/c1-2-22-11-3-5-16(22)17-6-4-12-23(17)18(25)14-7-9-15(10-8-14)24-13-19-20-21-24/h7-10,13,16-17H,2-6,11-12H2,1H3/t16-,17-/m0/s1. The van der Waals surface area contributed by atoms with Crippen LogP contribution < -0.4 is 0 Å². The fraction of sp³-hybridized carbons (Fsp3) is 0.556. The van der Waals surface area contributed by atoms with Crippen LogP contribution in [0.5, 0.6) is 0 Å². The summed E-state index contributed by atoms with van der Waals surface area (Å²) in [5.74, 6) is 0.147. The molecule has 2 fully saturated rings. The van der Waals surface area contributed by atoms with Gasteiger partial charge in [0.2, 0.25) is 0 Å². The highest BCUT2D eigenvalue weighted by Crippen LogP contribution is 2.30. The minimum atomic E-state index is 0.147. The molecule has 0 aliphatic carbocycles. The molecule has 7 heteroatoms. The van der Waals surface area contributed by atoms with Crippen molar-refractivity contribution < 1.29 is 4.79 Å². The molecule has 1 amide bonds. The summed E-state index contributed by atoms with van der Waals surface area (Å²) in [5, 5.41) is 11.2. The number of likely N-dealkylation sites (tertiary alicyclic amines) is 2. The number of nitrogens with zero attached hydrogens (tertiary/aromatic N) is 6. The van der Waals surface area contributed by atoms with Crippen molar-refractivity contribution in [3.8, 4) is 5.69 Å². The zero-order valence-corrected chi connectivity index (χ0v) is 14.6. The van der Waals surface area contributed by atoms with Crippen molar-refractivity contribution >= 4 is 5.91 Å². The number of amides is 1. The van der Waals surface area contributed by atoms with Crippen molar-refractivity contribution in [3.63, 3.8) is 0 Å². The highest BCUT2D eigenvalue weighted by Gasteiger charge is 2.39. The second-order valence-electron chi connectivity index (χ2n) is 6.85. The minimum absolute atomic E-state index is 0.147. The van der Waals surface area contributed by atoms with Crippen LogP contribution in [0, 0.1) is 0 Å². The van der Waals surface area contributed by atoms with E-state index in [0.29, 0.717) is 12.1 Å². The molecule has 25 heavy (non-hydrogen) atoms. The molecule has 1 aromatic heterocycles. The average Bonchev–Trinajstić information content (AvgIpc) is 3.41. The molecule has 0 spiro atoms. The molecule has 0 unspecified atom stereocenters. The quantitative estimate of drug-likeness (QED) is 0.848. The Kier molecular flexibility index (Phi) is 4.48. The van der Waals surface area contributed by atoms with E-state index in [1.54, 1.807) is 11.0 Å². The minimum Gasteiger partial charge on any atom is -0.334 e. The van der Waals surface area contributed by atoms with E-state index in [4.69, 9.17) is 0 Å². The van der Waals surface area contributed by atoms with Crippen LogP contribution in [0.15, 0.2) is 30.6 Å². The summed E-state index contributed by atoms with van der Waals surface area (Å²) in [5.41, 5.74) is 1.59. The molecular formula is C18H24N6O. The fourth-order valence-corrected chi connectivity index (χ4v) is 4.33. The molecule has 0 saturated carbocycles. The van der Waals surface area contributed by atoms with Crippen molar-refractivity contribution in [3.05, 3.63) is 36.2 Å². The summed E-state index contributed by atoms with van der Waals surface area (Å²) in [7, 11) is 0. The van der Waals surface area contributed by atoms with Crippen LogP contribution in [-0.2, 0) is 0 Å². The van der Waals surface area contributed by atoms with Crippen LogP contribution in [0.3, 0.4) is 0 Å². The molecule has 2 atom stereocenters. The molecule has 2 aromatic rings. The Labute approximate surface area is 147 Å². The molecule has 4 rings (SSSR count). The second kappa shape index (κ2) is 6.92. The first-order chi connectivity index (χ1) is 12.3. The number of hydrogen-bond acceptors (Lipinski definition) is 5. The monoisotopic (exact) mass is 340 g/mol. The lowest BCUT2D eigenvalue weighted by atomic mass is 10.0. The molecule has 0 radical (unpaired) electrons. The van der Waals surface area contributed by atoms with Gasteiger partial charge in [-0.05, 0) is 73.5 Å². The predicted octanol–water partition coefficient (Wildman–Crippen LogP) is 1.75. The smallest absolute Gasteiger partial charge is 0.254 e. The van der Waals surface area contributed by atoms with Crippen molar-refractivity contribution in [1.82, 2.24) is 30.0 Å². The number of tetrazole rings is 1. The van der Waals surface area contributed by atoms with Crippen molar-refractivity contribution in [2.75, 3.05) is 19.6 Å². The van der Waals surface area contributed by atoms with Crippen LogP contribution in [0.25, 0.3) is 5.69 Å². The summed E-state index contributed by atoms with van der Waals surface area (Å²) < 4.78 is 1.59. The number of aromatic nitrogens is 4. The molecular weight excluding hydrogens is 316 g/mol. The van der Waals surface area contributed by atoms with E-state index < -0.39 is 0 Å². The molecule has 2 aliphatic heterocycles. The Morgan fingerprint density at radius 3 is 2.60 bits per heavy atom. The van der Waals surface area contributed by atoms with Gasteiger partial charge < -0.3 is 4.90 Å². The zero-order chi connectivity index (χ0) is 17.2. The predicted molar refractivity (Wildman–Crippen MR) is 93.5 cm³/mol. The van der Waals surface area contributed by atoms with Gasteiger partial charge in [0.25, 0.3) is 5.91 Å². The van der Waals surface area contributed by atoms with Gasteiger partial charge in [0.05, 0.1) is 5.69 Å². The molecule has 0 N–H and O–H groups in total. The normalized spacial score (nSPS) is 24.1. The van der Waals surface area contributed by atoms with E-state index >= 15 is 0 Å². The van der Waals surface area contributed by atoms with Crippen molar-refractivity contribution in [2.45, 2.75) is 44.7 Å². The number of hydrogen-bond donors (Lipinski definition) is 0. The number of likely N-dealkylation sites (N-methyl/N-ethyl adjacent to an activating group) is 1. The third-order valence-corrected chi connectivity index (χ3v) is 5.55. The van der Waals surface area contributed by atoms with Gasteiger partial charge in [0.1, 0.15) is 6.33 Å². The molecule has 2 aliphatic rings. The molecule has 1 aromatic carbocycles. The Morgan fingerprint density at radius 2 is 1.88 bits per heavy atom. The lowest BCUT2D eigenvalue weighted by Gasteiger charge is -2.34. The Hall–Kier alpha value is -2.28. The topological polar surface area (TPSA) is 67.2 Å². The first-order valence-electron chi connectivity index (χ1n) is 9.16. The van der Waals surface area contributed by atoms with Crippen LogP contribution in [0.1, 0.15) is 43.0 Å². The van der Waals surface area contributed by atoms with E-state index in [0.717, 1.165) is 37.2 Å². The van der Waals surface area contributed by atoms with Gasteiger partial charge >= 0.3 is 0 Å². The highest BCUT2D eigenvalue weighted by molar-refractivity contribution is 5.94. The molecule has 0 bridgehead atoms. The summed E-state index contributed by atoms with van der Waals surface area (Å²) in [6.45, 7) is 5.33. The van der Waals surface area contributed by atoms with Gasteiger partial charge in [-0.2, -0.15) is 0 Å². The van der Waals surface area contributed by atoms with Gasteiger partial charge in [-0.15, -0.1) is 5.10 Å². The lowest BCUT2D eigenvalue weighted by Crippen LogP contribution is -2.48. The maximum absolute atomic E-state index is 13.1. The maximum atomic E-state index is 13.1. The van der Waals surface area contributed by atoms with E-state index in [2.05, 4.69) is 32.2 Å². The summed E-state index contributed by atoms with van der Waals surface area (Å²) in [4.78, 5) is 17.7. The molecule has 7 nitrogen and oxygen atoms in total. The van der Waals surface area contributed by atoms with E-state index in [1.165, 1.54) is 19.4 Å². The van der Waals surface area contributed by atoms with Crippen LogP contribution in [0.2, 0.25) is 0 Å². The summed E-state index contributed by atoms with van der Waals surface area (Å²) in [6, 6.07) is 8.42. The van der Waals surface area contributed by atoms with Crippen molar-refractivity contribution in [2.24, 2.45) is 0 Å². The molecule has 132 valence electrons. The van der Waals surface area contributed by atoms with Gasteiger partial charge in [-0.25, -0.2) is 4.68 Å². The number of rotatable bonds is 4. The third kappa shape index (κ3) is 3.04. The van der Waals surface area contributed by atoms with Crippen LogP contribution in [-0.4, -0.2) is 67.6 Å². The zero-order valence-electron chi connectivity index (χ0n) is 14.6. The first-order valence-corrected chi connectivity index (χ1v) is 9.16. The van der Waals surface area contributed by atoms with Gasteiger partial charge in [0.15, 0.2) is 0 Å². The van der Waals surface area contributed by atoms with Gasteiger partial charge in [-0.1, -0.05) is 6.92 Å². The van der Waals surface area contributed by atoms with Crippen LogP contribution >= 0.6 is 0 Å². The SMILES string of the molecule is CCN1CCC[C@H]1[C@@H]1CCCN1C(=O)c1ccc(-n2cnnn2)cc1. The molecule has 2 saturated heterocycles. The third-order valence-electron chi connectivity index (χ3n) is 5.55. The van der Waals surface area contributed by atoms with Gasteiger partial charge in [-0.3, -0.25) is 9.69 Å². The average molecular weight is 340 g/mol. The Morgan fingerprint density at radius 1 is 1.12 bits per heavy atom. The summed E-state index contributed by atoms with van der Waals surface area (Å²) in [6.07, 6.45) is 6.23. The Balaban J connectivity index is 1.51. The fourth-order valence-electron chi connectivity index (χ4n) is 4.33. The van der Waals surface area contributed by atoms with E-state index in [9.17, 15) is 4.79 Å². The van der Waals surface area contributed by atoms with Crippen molar-refractivity contribution in [1.29, 1.82) is 0 Å². The van der Waals surface area contributed by atoms with E-state index in [1.807, 2.05) is 24.3 Å². The highest BCUT2D eigenvalue weighted by atomic mass is 16.2. The first kappa shape index (κ1) is 16.2. The number of carbonyl (C=O) groups excluding carboxylic acids is 1. The largest absolute Gasteiger partial charge is 0.334 e. The van der Waals surface area contributed by atoms with Crippen LogP contribution in [0.4, 0.5) is 0 Å². The molecule has 3 heterocycles. The Bertz CT molecular complexity index is 714. The second-order valence-corrected chi connectivity index (χ2v) is 6.85. The summed E-state index contributed by atoms with van der Waals surface area (Å²) >= 11 is 0. The maximum Gasteiger partial charge on any atom is 0.254 e. The number of carbonyl (C=O) groups is 1. The van der Waals surface area contributed by atoms with Gasteiger partial charge in [0, 0.05) is 24.2 Å². The lowest BCUT2D eigenvalue weighted by molar-refractivity contribution is 0.0650.